The van der Waals surface area contributed by atoms with Crippen molar-refractivity contribution in [3.8, 4) is 0 Å². The van der Waals surface area contributed by atoms with Crippen LogP contribution >= 0.6 is 0 Å². The maximum atomic E-state index is 14.1. The maximum Gasteiger partial charge on any atom is 0.451 e. The van der Waals surface area contributed by atoms with Crippen LogP contribution in [0, 0.1) is 17.6 Å². The minimum absolute atomic E-state index is 0.0285. The highest BCUT2D eigenvalue weighted by atomic mass is 19.1. The third-order valence-corrected chi connectivity index (χ3v) is 5.92. The first-order chi connectivity index (χ1) is 13.2. The molecular weight excluding hydrogens is 369 g/mol. The van der Waals surface area contributed by atoms with Gasteiger partial charge >= 0.3 is 13.1 Å². The van der Waals surface area contributed by atoms with Crippen LogP contribution in [0.5, 0.6) is 0 Å². The number of rotatable bonds is 9. The van der Waals surface area contributed by atoms with Crippen LogP contribution in [-0.4, -0.2) is 51.8 Å². The molecule has 1 saturated heterocycles. The van der Waals surface area contributed by atoms with Gasteiger partial charge in [-0.25, -0.2) is 8.78 Å². The average Bonchev–Trinajstić information content (AvgIpc) is 2.64. The van der Waals surface area contributed by atoms with Crippen molar-refractivity contribution in [2.24, 2.45) is 11.7 Å². The van der Waals surface area contributed by atoms with E-state index in [9.17, 15) is 18.7 Å². The summed E-state index contributed by atoms with van der Waals surface area (Å²) in [6.07, 6.45) is 2.43. The van der Waals surface area contributed by atoms with E-state index in [1.54, 1.807) is 6.92 Å². The molecule has 1 aliphatic heterocycles. The lowest BCUT2D eigenvalue weighted by molar-refractivity contribution is -0.147. The van der Waals surface area contributed by atoms with Gasteiger partial charge in [-0.2, -0.15) is 0 Å². The molecule has 9 heteroatoms. The molecule has 0 spiro atoms. The van der Waals surface area contributed by atoms with Gasteiger partial charge in [-0.3, -0.25) is 9.69 Å². The quantitative estimate of drug-likeness (QED) is 0.375. The number of carbonyl (C=O) groups is 1. The monoisotopic (exact) mass is 398 g/mol. The Hall–Kier alpha value is -1.55. The zero-order valence-corrected chi connectivity index (χ0v) is 16.2. The van der Waals surface area contributed by atoms with E-state index in [0.29, 0.717) is 38.8 Å². The Balaban J connectivity index is 1.99. The highest BCUT2D eigenvalue weighted by molar-refractivity contribution is 6.40. The molecule has 2 rings (SSSR count). The van der Waals surface area contributed by atoms with E-state index in [-0.39, 0.29) is 24.2 Å². The van der Waals surface area contributed by atoms with Gasteiger partial charge in [0.25, 0.3) is 0 Å². The highest BCUT2D eigenvalue weighted by Crippen LogP contribution is 2.35. The van der Waals surface area contributed by atoms with E-state index in [1.165, 1.54) is 18.2 Å². The number of hydrogen-bond acceptors (Lipinski definition) is 5. The number of nitrogens with zero attached hydrogens (tertiary/aromatic N) is 1. The molecular formula is C19H29BF2N2O4. The van der Waals surface area contributed by atoms with E-state index in [0.717, 1.165) is 0 Å². The van der Waals surface area contributed by atoms with E-state index in [4.69, 9.17) is 15.8 Å². The number of carboxylic acids is 1. The van der Waals surface area contributed by atoms with E-state index in [2.05, 4.69) is 0 Å². The minimum Gasteiger partial charge on any atom is -0.480 e. The first-order valence-electron chi connectivity index (χ1n) is 9.73. The lowest BCUT2D eigenvalue weighted by Gasteiger charge is -2.42. The van der Waals surface area contributed by atoms with Gasteiger partial charge in [0.1, 0.15) is 17.2 Å². The van der Waals surface area contributed by atoms with Gasteiger partial charge in [0.05, 0.1) is 0 Å². The largest absolute Gasteiger partial charge is 0.480 e. The van der Waals surface area contributed by atoms with E-state index < -0.39 is 36.3 Å². The first-order valence-corrected chi connectivity index (χ1v) is 9.73. The van der Waals surface area contributed by atoms with E-state index >= 15 is 0 Å². The van der Waals surface area contributed by atoms with Crippen LogP contribution in [0.3, 0.4) is 0 Å². The molecule has 0 aliphatic carbocycles. The molecule has 6 nitrogen and oxygen atoms in total. The van der Waals surface area contributed by atoms with Crippen LogP contribution in [0.2, 0.25) is 6.32 Å². The van der Waals surface area contributed by atoms with Crippen molar-refractivity contribution in [2.45, 2.75) is 56.9 Å². The second kappa shape index (κ2) is 9.78. The van der Waals surface area contributed by atoms with Crippen molar-refractivity contribution < 1.29 is 28.7 Å². The lowest BCUT2D eigenvalue weighted by Crippen LogP contribution is -2.57. The molecule has 0 aromatic heterocycles. The summed E-state index contributed by atoms with van der Waals surface area (Å²) in [5.74, 6) is -2.49. The zero-order chi connectivity index (χ0) is 20.9. The van der Waals surface area contributed by atoms with Crippen LogP contribution < -0.4 is 5.73 Å². The Kier molecular flexibility index (Phi) is 7.94. The molecule has 28 heavy (non-hydrogen) atoms. The Bertz CT molecular complexity index is 651. The molecule has 0 bridgehead atoms. The second-order valence-electron chi connectivity index (χ2n) is 7.69. The Morgan fingerprint density at radius 2 is 1.86 bits per heavy atom. The predicted molar refractivity (Wildman–Crippen MR) is 102 cm³/mol. The summed E-state index contributed by atoms with van der Waals surface area (Å²) in [5.41, 5.74) is 4.89. The molecule has 0 amide bonds. The van der Waals surface area contributed by atoms with Crippen molar-refractivity contribution in [3.63, 3.8) is 0 Å². The molecule has 1 aromatic carbocycles. The molecule has 2 atom stereocenters. The Morgan fingerprint density at radius 3 is 2.36 bits per heavy atom. The standard InChI is InChI=1S/C19H29BF2N2O4/c1-13(17-15(21)5-4-6-16(17)22)24-11-7-14(8-12-24)19(23,18(25)26)9-2-3-10-20(27)28/h4-6,13-14,27-28H,2-3,7-12,23H2,1H3,(H,25,26)/t13?,19-/m0/s1. The Morgan fingerprint density at radius 1 is 1.29 bits per heavy atom. The molecule has 1 fully saturated rings. The minimum atomic E-state index is -1.40. The molecule has 1 unspecified atom stereocenters. The molecule has 1 heterocycles. The fourth-order valence-electron chi connectivity index (χ4n) is 4.12. The molecule has 1 aliphatic rings. The van der Waals surface area contributed by atoms with Gasteiger partial charge in [0, 0.05) is 11.6 Å². The molecule has 156 valence electrons. The normalized spacial score (nSPS) is 19.2. The summed E-state index contributed by atoms with van der Waals surface area (Å²) in [7, 11) is -1.40. The highest BCUT2D eigenvalue weighted by Gasteiger charge is 2.43. The number of likely N-dealkylation sites (tertiary alicyclic amines) is 1. The van der Waals surface area contributed by atoms with Crippen LogP contribution in [0.25, 0.3) is 0 Å². The number of benzene rings is 1. The number of carboxylic acid groups (broad SMARTS) is 1. The van der Waals surface area contributed by atoms with Crippen LogP contribution in [0.4, 0.5) is 8.78 Å². The number of aliphatic carboxylic acids is 1. The van der Waals surface area contributed by atoms with Crippen molar-refractivity contribution >= 4 is 13.1 Å². The lowest BCUT2D eigenvalue weighted by atomic mass is 9.74. The molecule has 0 saturated carbocycles. The Labute approximate surface area is 164 Å². The predicted octanol–water partition coefficient (Wildman–Crippen LogP) is 2.16. The second-order valence-corrected chi connectivity index (χ2v) is 7.69. The maximum absolute atomic E-state index is 14.1. The van der Waals surface area contributed by atoms with E-state index in [1.807, 2.05) is 4.90 Å². The fraction of sp³-hybridized carbons (Fsp3) is 0.632. The fourth-order valence-corrected chi connectivity index (χ4v) is 4.12. The summed E-state index contributed by atoms with van der Waals surface area (Å²) in [5, 5.41) is 27.5. The zero-order valence-electron chi connectivity index (χ0n) is 16.2. The van der Waals surface area contributed by atoms with Crippen LogP contribution in [0.15, 0.2) is 18.2 Å². The third kappa shape index (κ3) is 5.28. The van der Waals surface area contributed by atoms with Gasteiger partial charge in [-0.15, -0.1) is 0 Å². The number of unbranched alkanes of at least 4 members (excludes halogenated alkanes) is 1. The van der Waals surface area contributed by atoms with Crippen LogP contribution in [0.1, 0.15) is 50.6 Å². The van der Waals surface area contributed by atoms with Gasteiger partial charge in [0.2, 0.25) is 0 Å². The van der Waals surface area contributed by atoms with Gasteiger partial charge in [-0.1, -0.05) is 18.9 Å². The summed E-state index contributed by atoms with van der Waals surface area (Å²) in [4.78, 5) is 13.8. The van der Waals surface area contributed by atoms with Gasteiger partial charge in [-0.05, 0) is 63.6 Å². The average molecular weight is 398 g/mol. The van der Waals surface area contributed by atoms with Crippen molar-refractivity contribution in [2.75, 3.05) is 13.1 Å². The van der Waals surface area contributed by atoms with Crippen molar-refractivity contribution in [3.05, 3.63) is 35.4 Å². The number of piperidine rings is 1. The summed E-state index contributed by atoms with van der Waals surface area (Å²) in [6.45, 7) is 2.75. The van der Waals surface area contributed by atoms with Crippen molar-refractivity contribution in [1.29, 1.82) is 0 Å². The first kappa shape index (κ1) is 22.7. The number of halogens is 2. The number of nitrogens with two attached hydrogens (primary N) is 1. The summed E-state index contributed by atoms with van der Waals surface area (Å²) >= 11 is 0. The third-order valence-electron chi connectivity index (χ3n) is 5.92. The molecule has 0 radical (unpaired) electrons. The molecule has 1 aromatic rings. The van der Waals surface area contributed by atoms with Gasteiger partial charge < -0.3 is 20.9 Å². The van der Waals surface area contributed by atoms with Crippen molar-refractivity contribution in [1.82, 2.24) is 4.90 Å². The van der Waals surface area contributed by atoms with Crippen LogP contribution in [-0.2, 0) is 4.79 Å². The smallest absolute Gasteiger partial charge is 0.451 e. The molecule has 5 N–H and O–H groups in total. The van der Waals surface area contributed by atoms with Gasteiger partial charge in [0.15, 0.2) is 0 Å². The SMILES string of the molecule is CC(c1c(F)cccc1F)N1CCC([C@@](N)(CCCCB(O)O)C(=O)O)CC1. The topological polar surface area (TPSA) is 107 Å². The summed E-state index contributed by atoms with van der Waals surface area (Å²) < 4.78 is 28.1. The summed E-state index contributed by atoms with van der Waals surface area (Å²) in [6, 6.07) is 3.35. The number of hydrogen-bond donors (Lipinski definition) is 4.